The van der Waals surface area contributed by atoms with Crippen LogP contribution in [0.1, 0.15) is 39.0 Å². The quantitative estimate of drug-likeness (QED) is 0.645. The van der Waals surface area contributed by atoms with Gasteiger partial charge in [-0.15, -0.1) is 0 Å². The van der Waals surface area contributed by atoms with Gasteiger partial charge in [-0.1, -0.05) is 12.8 Å². The van der Waals surface area contributed by atoms with Crippen LogP contribution in [-0.4, -0.2) is 36.5 Å². The third kappa shape index (κ3) is 2.97. The van der Waals surface area contributed by atoms with Crippen LogP contribution in [0, 0.1) is 0 Å². The summed E-state index contributed by atoms with van der Waals surface area (Å²) in [5, 5.41) is 9.08. The Labute approximate surface area is 102 Å². The molecular weight excluding hydrogens is 218 g/mol. The SMILES string of the molecule is CCNC(=O)C[C@@H]1N[C@@H]2CCCC[C@@H]2NC1=O. The molecule has 0 spiro atoms. The van der Waals surface area contributed by atoms with Crippen LogP contribution in [-0.2, 0) is 9.59 Å². The third-order valence-corrected chi connectivity index (χ3v) is 3.59. The maximum atomic E-state index is 11.8. The normalized spacial score (nSPS) is 32.5. The molecule has 2 fully saturated rings. The predicted octanol–water partition coefficient (Wildman–Crippen LogP) is -0.0882. The molecule has 1 aliphatic carbocycles. The molecule has 2 amide bonds. The first-order valence-electron chi connectivity index (χ1n) is 6.54. The van der Waals surface area contributed by atoms with Crippen molar-refractivity contribution >= 4 is 11.8 Å². The minimum absolute atomic E-state index is 0.0283. The van der Waals surface area contributed by atoms with E-state index in [0.717, 1.165) is 12.8 Å². The Kier molecular flexibility index (Phi) is 3.99. The van der Waals surface area contributed by atoms with Gasteiger partial charge in [0.25, 0.3) is 0 Å². The summed E-state index contributed by atoms with van der Waals surface area (Å²) >= 11 is 0. The van der Waals surface area contributed by atoms with E-state index in [1.165, 1.54) is 12.8 Å². The monoisotopic (exact) mass is 239 g/mol. The zero-order valence-corrected chi connectivity index (χ0v) is 10.3. The Hall–Kier alpha value is -1.10. The molecule has 5 nitrogen and oxygen atoms in total. The summed E-state index contributed by atoms with van der Waals surface area (Å²) in [6, 6.07) is 0.253. The van der Waals surface area contributed by atoms with Crippen molar-refractivity contribution in [3.63, 3.8) is 0 Å². The van der Waals surface area contributed by atoms with Crippen molar-refractivity contribution in [1.29, 1.82) is 0 Å². The zero-order chi connectivity index (χ0) is 12.3. The molecule has 0 bridgehead atoms. The minimum atomic E-state index is -0.360. The molecule has 0 aromatic heterocycles. The Bertz CT molecular complexity index is 306. The van der Waals surface area contributed by atoms with Gasteiger partial charge in [-0.2, -0.15) is 0 Å². The molecule has 1 heterocycles. The predicted molar refractivity (Wildman–Crippen MR) is 64.4 cm³/mol. The molecule has 0 radical (unpaired) electrons. The topological polar surface area (TPSA) is 70.2 Å². The van der Waals surface area contributed by atoms with Gasteiger partial charge >= 0.3 is 0 Å². The van der Waals surface area contributed by atoms with Crippen LogP contribution in [0.25, 0.3) is 0 Å². The van der Waals surface area contributed by atoms with E-state index in [0.29, 0.717) is 12.6 Å². The molecule has 3 atom stereocenters. The molecule has 1 saturated heterocycles. The minimum Gasteiger partial charge on any atom is -0.356 e. The van der Waals surface area contributed by atoms with Crippen molar-refractivity contribution in [2.75, 3.05) is 6.54 Å². The van der Waals surface area contributed by atoms with Crippen LogP contribution in [0.2, 0.25) is 0 Å². The molecule has 1 aliphatic heterocycles. The number of nitrogens with one attached hydrogen (secondary N) is 3. The van der Waals surface area contributed by atoms with Gasteiger partial charge in [-0.25, -0.2) is 0 Å². The smallest absolute Gasteiger partial charge is 0.237 e. The van der Waals surface area contributed by atoms with E-state index < -0.39 is 0 Å². The first-order valence-corrected chi connectivity index (χ1v) is 6.54. The van der Waals surface area contributed by atoms with E-state index in [9.17, 15) is 9.59 Å². The lowest BCUT2D eigenvalue weighted by atomic mass is 9.87. The summed E-state index contributed by atoms with van der Waals surface area (Å²) in [6.07, 6.45) is 4.78. The van der Waals surface area contributed by atoms with Crippen LogP contribution in [0.5, 0.6) is 0 Å². The largest absolute Gasteiger partial charge is 0.356 e. The lowest BCUT2D eigenvalue weighted by molar-refractivity contribution is -0.131. The fraction of sp³-hybridized carbons (Fsp3) is 0.833. The van der Waals surface area contributed by atoms with Crippen LogP contribution in [0.4, 0.5) is 0 Å². The Morgan fingerprint density at radius 1 is 1.35 bits per heavy atom. The second-order valence-electron chi connectivity index (χ2n) is 4.88. The van der Waals surface area contributed by atoms with Crippen LogP contribution < -0.4 is 16.0 Å². The average Bonchev–Trinajstić information content (AvgIpc) is 2.30. The molecule has 0 aromatic carbocycles. The highest BCUT2D eigenvalue weighted by molar-refractivity contribution is 5.89. The fourth-order valence-corrected chi connectivity index (χ4v) is 2.73. The lowest BCUT2D eigenvalue weighted by Gasteiger charge is -2.40. The van der Waals surface area contributed by atoms with Crippen molar-refractivity contribution in [3.8, 4) is 0 Å². The number of carbonyl (C=O) groups is 2. The summed E-state index contributed by atoms with van der Waals surface area (Å²) in [6.45, 7) is 2.49. The first kappa shape index (κ1) is 12.4. The van der Waals surface area contributed by atoms with Gasteiger partial charge < -0.3 is 16.0 Å². The summed E-state index contributed by atoms with van der Waals surface area (Å²) in [4.78, 5) is 23.3. The van der Waals surface area contributed by atoms with Crippen molar-refractivity contribution in [2.24, 2.45) is 0 Å². The van der Waals surface area contributed by atoms with E-state index in [-0.39, 0.29) is 30.3 Å². The van der Waals surface area contributed by atoms with Gasteiger partial charge in [0.1, 0.15) is 0 Å². The first-order chi connectivity index (χ1) is 8.20. The number of rotatable bonds is 3. The summed E-state index contributed by atoms with van der Waals surface area (Å²) in [5.41, 5.74) is 0. The Balaban J connectivity index is 1.90. The maximum absolute atomic E-state index is 11.8. The van der Waals surface area contributed by atoms with Gasteiger partial charge in [0.2, 0.25) is 11.8 Å². The molecule has 1 saturated carbocycles. The van der Waals surface area contributed by atoms with Crippen molar-refractivity contribution in [1.82, 2.24) is 16.0 Å². The molecule has 17 heavy (non-hydrogen) atoms. The highest BCUT2D eigenvalue weighted by Crippen LogP contribution is 2.22. The van der Waals surface area contributed by atoms with Gasteiger partial charge in [0.15, 0.2) is 0 Å². The average molecular weight is 239 g/mol. The highest BCUT2D eigenvalue weighted by Gasteiger charge is 2.36. The van der Waals surface area contributed by atoms with E-state index in [4.69, 9.17) is 0 Å². The second-order valence-corrected chi connectivity index (χ2v) is 4.88. The molecule has 96 valence electrons. The van der Waals surface area contributed by atoms with Crippen molar-refractivity contribution in [3.05, 3.63) is 0 Å². The van der Waals surface area contributed by atoms with E-state index in [1.807, 2.05) is 6.92 Å². The Morgan fingerprint density at radius 3 is 2.76 bits per heavy atom. The molecule has 0 unspecified atom stereocenters. The number of piperazine rings is 1. The second kappa shape index (κ2) is 5.49. The van der Waals surface area contributed by atoms with Crippen molar-refractivity contribution < 1.29 is 9.59 Å². The number of fused-ring (bicyclic) bond motifs is 1. The van der Waals surface area contributed by atoms with Gasteiger partial charge in [-0.05, 0) is 19.8 Å². The number of amides is 2. The highest BCUT2D eigenvalue weighted by atomic mass is 16.2. The van der Waals surface area contributed by atoms with E-state index >= 15 is 0 Å². The number of hydrogen-bond acceptors (Lipinski definition) is 3. The zero-order valence-electron chi connectivity index (χ0n) is 10.3. The third-order valence-electron chi connectivity index (χ3n) is 3.59. The number of carbonyl (C=O) groups excluding carboxylic acids is 2. The lowest BCUT2D eigenvalue weighted by Crippen LogP contribution is -2.65. The van der Waals surface area contributed by atoms with E-state index in [2.05, 4.69) is 16.0 Å². The molecule has 0 aromatic rings. The van der Waals surface area contributed by atoms with Gasteiger partial charge in [-0.3, -0.25) is 9.59 Å². The molecule has 2 aliphatic rings. The van der Waals surface area contributed by atoms with Crippen LogP contribution in [0.15, 0.2) is 0 Å². The standard InChI is InChI=1S/C12H21N3O2/c1-2-13-11(16)7-10-12(17)15-9-6-4-3-5-8(9)14-10/h8-10,14H,2-7H2,1H3,(H,13,16)(H,15,17)/t8-,9+,10+/m1/s1. The van der Waals surface area contributed by atoms with Gasteiger partial charge in [0.05, 0.1) is 12.5 Å². The summed E-state index contributed by atoms with van der Waals surface area (Å²) in [7, 11) is 0. The maximum Gasteiger partial charge on any atom is 0.237 e. The molecule has 5 heteroatoms. The summed E-state index contributed by atoms with van der Waals surface area (Å²) < 4.78 is 0. The number of hydrogen-bond donors (Lipinski definition) is 3. The van der Waals surface area contributed by atoms with Crippen molar-refractivity contribution in [2.45, 2.75) is 57.2 Å². The molecular formula is C12H21N3O2. The molecule has 2 rings (SSSR count). The summed E-state index contributed by atoms with van der Waals surface area (Å²) in [5.74, 6) is -0.0891. The Morgan fingerprint density at radius 2 is 2.06 bits per heavy atom. The van der Waals surface area contributed by atoms with Crippen LogP contribution >= 0.6 is 0 Å². The fourth-order valence-electron chi connectivity index (χ4n) is 2.73. The van der Waals surface area contributed by atoms with Crippen LogP contribution in [0.3, 0.4) is 0 Å². The van der Waals surface area contributed by atoms with E-state index in [1.54, 1.807) is 0 Å². The molecule has 3 N–H and O–H groups in total. The van der Waals surface area contributed by atoms with Gasteiger partial charge in [0, 0.05) is 18.6 Å².